The summed E-state index contributed by atoms with van der Waals surface area (Å²) < 4.78 is 36.7. The molecule has 2 amide bonds. The van der Waals surface area contributed by atoms with Crippen LogP contribution in [0.1, 0.15) is 12.8 Å². The average molecular weight is 239 g/mol. The third-order valence-corrected chi connectivity index (χ3v) is 2.78. The van der Waals surface area contributed by atoms with Gasteiger partial charge in [-0.15, -0.1) is 0 Å². The van der Waals surface area contributed by atoms with Crippen molar-refractivity contribution in [3.63, 3.8) is 0 Å². The molecule has 0 aromatic heterocycles. The van der Waals surface area contributed by atoms with Crippen LogP contribution >= 0.6 is 0 Å². The first-order valence-corrected chi connectivity index (χ1v) is 5.10. The monoisotopic (exact) mass is 239 g/mol. The number of primary amides is 1. The van der Waals surface area contributed by atoms with Crippen molar-refractivity contribution >= 4 is 6.03 Å². The minimum absolute atomic E-state index is 0.0903. The first kappa shape index (κ1) is 13.1. The maximum Gasteiger partial charge on any atom is 0.389 e. The van der Waals surface area contributed by atoms with Crippen LogP contribution in [0.5, 0.6) is 0 Å². The first-order valence-electron chi connectivity index (χ1n) is 5.10. The van der Waals surface area contributed by atoms with Crippen molar-refractivity contribution in [2.45, 2.75) is 25.1 Å². The van der Waals surface area contributed by atoms with E-state index in [1.165, 1.54) is 4.90 Å². The quantitative estimate of drug-likeness (QED) is 0.753. The molecule has 1 aliphatic rings. The molecule has 0 aliphatic carbocycles. The molecule has 2 unspecified atom stereocenters. The van der Waals surface area contributed by atoms with E-state index >= 15 is 0 Å². The van der Waals surface area contributed by atoms with Gasteiger partial charge in [0, 0.05) is 25.6 Å². The minimum atomic E-state index is -4.19. The molecule has 0 spiro atoms. The van der Waals surface area contributed by atoms with Crippen molar-refractivity contribution in [1.82, 2.24) is 10.2 Å². The Bertz CT molecular complexity index is 257. The molecule has 0 saturated carbocycles. The number of nitrogens with one attached hydrogen (secondary N) is 1. The van der Waals surface area contributed by atoms with Gasteiger partial charge in [-0.25, -0.2) is 4.79 Å². The average Bonchev–Trinajstić information content (AvgIpc) is 2.14. The van der Waals surface area contributed by atoms with Crippen molar-refractivity contribution in [3.8, 4) is 0 Å². The molecule has 16 heavy (non-hydrogen) atoms. The Morgan fingerprint density at radius 1 is 1.50 bits per heavy atom. The van der Waals surface area contributed by atoms with Crippen molar-refractivity contribution in [1.29, 1.82) is 0 Å². The normalized spacial score (nSPS) is 26.9. The third kappa shape index (κ3) is 3.88. The van der Waals surface area contributed by atoms with Gasteiger partial charge in [-0.05, 0) is 19.4 Å². The smallest absolute Gasteiger partial charge is 0.351 e. The Balaban J connectivity index is 2.61. The Kier molecular flexibility index (Phi) is 4.01. The molecule has 0 aromatic rings. The number of likely N-dealkylation sites (tertiary alicyclic amines) is 1. The van der Waals surface area contributed by atoms with Crippen LogP contribution in [0.4, 0.5) is 18.0 Å². The minimum Gasteiger partial charge on any atom is -0.351 e. The first-order chi connectivity index (χ1) is 7.31. The van der Waals surface area contributed by atoms with E-state index < -0.39 is 24.5 Å². The van der Waals surface area contributed by atoms with Gasteiger partial charge in [0.05, 0.1) is 0 Å². The zero-order chi connectivity index (χ0) is 12.3. The number of halogens is 3. The van der Waals surface area contributed by atoms with Gasteiger partial charge in [0.1, 0.15) is 0 Å². The van der Waals surface area contributed by atoms with E-state index in [-0.39, 0.29) is 12.6 Å². The van der Waals surface area contributed by atoms with Crippen LogP contribution in [0.2, 0.25) is 0 Å². The van der Waals surface area contributed by atoms with Gasteiger partial charge in [0.2, 0.25) is 0 Å². The Labute approximate surface area is 92.0 Å². The second-order valence-electron chi connectivity index (χ2n) is 4.15. The highest BCUT2D eigenvalue weighted by Gasteiger charge is 2.37. The second kappa shape index (κ2) is 4.90. The molecule has 94 valence electrons. The fourth-order valence-electron chi connectivity index (χ4n) is 2.07. The number of carbonyl (C=O) groups excluding carboxylic acids is 1. The number of nitrogens with two attached hydrogens (primary N) is 1. The lowest BCUT2D eigenvalue weighted by Gasteiger charge is -2.37. The van der Waals surface area contributed by atoms with Crippen LogP contribution in [0.25, 0.3) is 0 Å². The number of piperidine rings is 1. The number of rotatable bonds is 2. The SMILES string of the molecule is CNC1CC(CC(F)(F)F)CN(C(N)=O)C1. The van der Waals surface area contributed by atoms with Crippen LogP contribution < -0.4 is 11.1 Å². The molecule has 0 bridgehead atoms. The van der Waals surface area contributed by atoms with Gasteiger partial charge in [-0.2, -0.15) is 13.2 Å². The van der Waals surface area contributed by atoms with Crippen LogP contribution in [-0.2, 0) is 0 Å². The zero-order valence-electron chi connectivity index (χ0n) is 9.05. The molecule has 0 aromatic carbocycles. The lowest BCUT2D eigenvalue weighted by Crippen LogP contribution is -2.52. The molecular formula is C9H16F3N3O. The predicted octanol–water partition coefficient (Wildman–Crippen LogP) is 0.927. The highest BCUT2D eigenvalue weighted by atomic mass is 19.4. The molecule has 1 saturated heterocycles. The van der Waals surface area contributed by atoms with Gasteiger partial charge >= 0.3 is 12.2 Å². The molecule has 4 nitrogen and oxygen atoms in total. The van der Waals surface area contributed by atoms with Crippen molar-refractivity contribution in [2.75, 3.05) is 20.1 Å². The van der Waals surface area contributed by atoms with Gasteiger partial charge < -0.3 is 16.0 Å². The summed E-state index contributed by atoms with van der Waals surface area (Å²) in [5.41, 5.74) is 5.09. The molecular weight excluding hydrogens is 223 g/mol. The standard InChI is InChI=1S/C9H16F3N3O/c1-14-7-2-6(3-9(10,11)12)4-15(5-7)8(13)16/h6-7,14H,2-5H2,1H3,(H2,13,16). The second-order valence-corrected chi connectivity index (χ2v) is 4.15. The summed E-state index contributed by atoms with van der Waals surface area (Å²) >= 11 is 0. The van der Waals surface area contributed by atoms with Crippen LogP contribution in [-0.4, -0.2) is 43.3 Å². The van der Waals surface area contributed by atoms with Gasteiger partial charge in [-0.1, -0.05) is 0 Å². The van der Waals surface area contributed by atoms with E-state index in [9.17, 15) is 18.0 Å². The summed E-state index contributed by atoms with van der Waals surface area (Å²) in [6.07, 6.45) is -4.64. The lowest BCUT2D eigenvalue weighted by molar-refractivity contribution is -0.148. The van der Waals surface area contributed by atoms with Gasteiger partial charge in [-0.3, -0.25) is 0 Å². The number of amides is 2. The Morgan fingerprint density at radius 3 is 2.56 bits per heavy atom. The number of alkyl halides is 3. The van der Waals surface area contributed by atoms with Crippen molar-refractivity contribution in [2.24, 2.45) is 11.7 Å². The fourth-order valence-corrected chi connectivity index (χ4v) is 2.07. The predicted molar refractivity (Wildman–Crippen MR) is 52.8 cm³/mol. The fraction of sp³-hybridized carbons (Fsp3) is 0.889. The third-order valence-electron chi connectivity index (χ3n) is 2.78. The van der Waals surface area contributed by atoms with Crippen LogP contribution in [0.3, 0.4) is 0 Å². The molecule has 0 radical (unpaired) electrons. The zero-order valence-corrected chi connectivity index (χ0v) is 9.05. The van der Waals surface area contributed by atoms with E-state index in [1.807, 2.05) is 0 Å². The largest absolute Gasteiger partial charge is 0.389 e. The van der Waals surface area contributed by atoms with Gasteiger partial charge in [0.15, 0.2) is 0 Å². The number of urea groups is 1. The number of likely N-dealkylation sites (N-methyl/N-ethyl adjacent to an activating group) is 1. The summed E-state index contributed by atoms with van der Waals surface area (Å²) in [4.78, 5) is 12.2. The number of carbonyl (C=O) groups is 1. The molecule has 2 atom stereocenters. The van der Waals surface area contributed by atoms with E-state index in [2.05, 4.69) is 5.32 Å². The van der Waals surface area contributed by atoms with Crippen LogP contribution in [0, 0.1) is 5.92 Å². The summed E-state index contributed by atoms with van der Waals surface area (Å²) in [7, 11) is 1.67. The Morgan fingerprint density at radius 2 is 2.12 bits per heavy atom. The van der Waals surface area contributed by atoms with Gasteiger partial charge in [0.25, 0.3) is 0 Å². The molecule has 3 N–H and O–H groups in total. The highest BCUT2D eigenvalue weighted by molar-refractivity contribution is 5.72. The number of hydrogen-bond donors (Lipinski definition) is 2. The molecule has 1 rings (SSSR count). The molecule has 7 heteroatoms. The molecule has 1 heterocycles. The van der Waals surface area contributed by atoms with E-state index in [4.69, 9.17) is 5.73 Å². The van der Waals surface area contributed by atoms with E-state index in [1.54, 1.807) is 7.05 Å². The maximum atomic E-state index is 12.2. The van der Waals surface area contributed by atoms with E-state index in [0.29, 0.717) is 13.0 Å². The maximum absolute atomic E-state index is 12.2. The van der Waals surface area contributed by atoms with E-state index in [0.717, 1.165) is 0 Å². The lowest BCUT2D eigenvalue weighted by atomic mass is 9.91. The van der Waals surface area contributed by atoms with Crippen molar-refractivity contribution < 1.29 is 18.0 Å². The van der Waals surface area contributed by atoms with Crippen molar-refractivity contribution in [3.05, 3.63) is 0 Å². The highest BCUT2D eigenvalue weighted by Crippen LogP contribution is 2.30. The summed E-state index contributed by atoms with van der Waals surface area (Å²) in [6.45, 7) is 0.465. The summed E-state index contributed by atoms with van der Waals surface area (Å²) in [5, 5.41) is 2.89. The Hall–Kier alpha value is -0.980. The molecule has 1 fully saturated rings. The topological polar surface area (TPSA) is 58.4 Å². The van der Waals surface area contributed by atoms with Crippen LogP contribution in [0.15, 0.2) is 0 Å². The molecule has 1 aliphatic heterocycles. The summed E-state index contributed by atoms with van der Waals surface area (Å²) in [6, 6.07) is -0.777. The number of nitrogens with zero attached hydrogens (tertiary/aromatic N) is 1. The number of hydrogen-bond acceptors (Lipinski definition) is 2. The summed E-state index contributed by atoms with van der Waals surface area (Å²) in [5.74, 6) is -0.571.